The average Bonchev–Trinajstić information content (AvgIpc) is 2.67. The first-order valence-corrected chi connectivity index (χ1v) is 8.86. The molecular weight excluding hydrogens is 418 g/mol. The maximum absolute atomic E-state index is 12.1. The monoisotopic (exact) mass is 435 g/mol. The van der Waals surface area contributed by atoms with Crippen molar-refractivity contribution in [3.05, 3.63) is 52.6 Å². The fourth-order valence-corrected chi connectivity index (χ4v) is 2.38. The topological polar surface area (TPSA) is 107 Å². The van der Waals surface area contributed by atoms with E-state index >= 15 is 0 Å². The molecule has 0 bridgehead atoms. The number of esters is 1. The van der Waals surface area contributed by atoms with Gasteiger partial charge in [0.1, 0.15) is 5.56 Å². The molecule has 1 aromatic heterocycles. The van der Waals surface area contributed by atoms with Gasteiger partial charge in [-0.3, -0.25) is 9.59 Å². The minimum Gasteiger partial charge on any atom is -0.477 e. The zero-order valence-corrected chi connectivity index (χ0v) is 16.1. The quantitative estimate of drug-likeness (QED) is 0.615. The number of anilines is 1. The van der Waals surface area contributed by atoms with Crippen LogP contribution in [0.25, 0.3) is 0 Å². The molecule has 0 atom stereocenters. The van der Waals surface area contributed by atoms with E-state index in [9.17, 15) is 14.4 Å². The van der Waals surface area contributed by atoms with Crippen LogP contribution in [0.2, 0.25) is 0 Å². The number of halogens is 1. The van der Waals surface area contributed by atoms with Gasteiger partial charge in [0.15, 0.2) is 6.61 Å². The Labute approximate surface area is 164 Å². The summed E-state index contributed by atoms with van der Waals surface area (Å²) in [6.07, 6.45) is 1.48. The number of carbonyl (C=O) groups excluding carboxylic acids is 3. The van der Waals surface area contributed by atoms with Crippen LogP contribution in [0.5, 0.6) is 5.88 Å². The largest absolute Gasteiger partial charge is 0.477 e. The number of pyridine rings is 1. The highest BCUT2D eigenvalue weighted by atomic mass is 79.9. The molecule has 8 nitrogen and oxygen atoms in total. The van der Waals surface area contributed by atoms with Crippen LogP contribution < -0.4 is 15.4 Å². The highest BCUT2D eigenvalue weighted by Gasteiger charge is 2.16. The third kappa shape index (κ3) is 6.37. The molecule has 0 aliphatic heterocycles. The molecule has 2 aromatic rings. The van der Waals surface area contributed by atoms with E-state index in [1.807, 2.05) is 6.07 Å². The Morgan fingerprint density at radius 1 is 1.11 bits per heavy atom. The third-order valence-corrected chi connectivity index (χ3v) is 3.89. The number of rotatable bonds is 8. The molecule has 0 spiro atoms. The number of para-hydroxylation sites is 1. The van der Waals surface area contributed by atoms with Crippen LogP contribution in [0.3, 0.4) is 0 Å². The second-order valence-corrected chi connectivity index (χ2v) is 6.02. The molecular formula is C18H18BrN3O5. The van der Waals surface area contributed by atoms with Gasteiger partial charge in [0.25, 0.3) is 5.91 Å². The zero-order chi connectivity index (χ0) is 19.6. The standard InChI is InChI=1S/C18H18BrN3O5/c1-2-26-17-12(6-5-9-20-17)18(25)27-11-16(24)21-10-15(23)22-14-8-4-3-7-13(14)19/h3-9H,2,10-11H2,1H3,(H,21,24)(H,22,23). The summed E-state index contributed by atoms with van der Waals surface area (Å²) in [4.78, 5) is 39.7. The summed E-state index contributed by atoms with van der Waals surface area (Å²) in [5, 5.41) is 5.02. The fraction of sp³-hybridized carbons (Fsp3) is 0.222. The highest BCUT2D eigenvalue weighted by molar-refractivity contribution is 9.10. The van der Waals surface area contributed by atoms with E-state index in [0.717, 1.165) is 4.47 Å². The van der Waals surface area contributed by atoms with Crippen molar-refractivity contribution in [1.82, 2.24) is 10.3 Å². The Morgan fingerprint density at radius 3 is 2.63 bits per heavy atom. The number of benzene rings is 1. The Balaban J connectivity index is 1.78. The summed E-state index contributed by atoms with van der Waals surface area (Å²) in [6.45, 7) is 1.32. The zero-order valence-electron chi connectivity index (χ0n) is 14.5. The molecule has 0 aliphatic carbocycles. The van der Waals surface area contributed by atoms with Gasteiger partial charge in [-0.05, 0) is 47.1 Å². The molecule has 0 unspecified atom stereocenters. The SMILES string of the molecule is CCOc1ncccc1C(=O)OCC(=O)NCC(=O)Nc1ccccc1Br. The molecule has 0 saturated carbocycles. The van der Waals surface area contributed by atoms with Crippen LogP contribution in [-0.2, 0) is 14.3 Å². The van der Waals surface area contributed by atoms with E-state index in [1.165, 1.54) is 12.3 Å². The summed E-state index contributed by atoms with van der Waals surface area (Å²) in [6, 6.07) is 10.1. The lowest BCUT2D eigenvalue weighted by Gasteiger charge is -2.10. The summed E-state index contributed by atoms with van der Waals surface area (Å²) in [7, 11) is 0. The van der Waals surface area contributed by atoms with E-state index in [-0.39, 0.29) is 18.0 Å². The Hall–Kier alpha value is -2.94. The number of amides is 2. The highest BCUT2D eigenvalue weighted by Crippen LogP contribution is 2.20. The molecule has 142 valence electrons. The van der Waals surface area contributed by atoms with Gasteiger partial charge in [0.2, 0.25) is 11.8 Å². The minimum atomic E-state index is -0.737. The van der Waals surface area contributed by atoms with Crippen molar-refractivity contribution in [2.24, 2.45) is 0 Å². The van der Waals surface area contributed by atoms with E-state index in [1.54, 1.807) is 31.2 Å². The lowest BCUT2D eigenvalue weighted by molar-refractivity contribution is -0.126. The van der Waals surface area contributed by atoms with Gasteiger partial charge in [-0.25, -0.2) is 9.78 Å². The van der Waals surface area contributed by atoms with Crippen LogP contribution in [0.1, 0.15) is 17.3 Å². The summed E-state index contributed by atoms with van der Waals surface area (Å²) >= 11 is 3.31. The van der Waals surface area contributed by atoms with E-state index < -0.39 is 24.4 Å². The van der Waals surface area contributed by atoms with Crippen LogP contribution in [-0.4, -0.2) is 42.5 Å². The smallest absolute Gasteiger partial charge is 0.344 e. The second kappa shape index (κ2) is 10.3. The second-order valence-electron chi connectivity index (χ2n) is 5.17. The molecule has 1 heterocycles. The Bertz CT molecular complexity index is 828. The van der Waals surface area contributed by atoms with Crippen molar-refractivity contribution in [2.75, 3.05) is 25.1 Å². The first-order chi connectivity index (χ1) is 13.0. The van der Waals surface area contributed by atoms with Gasteiger partial charge in [0.05, 0.1) is 18.8 Å². The molecule has 9 heteroatoms. The predicted molar refractivity (Wildman–Crippen MR) is 101 cm³/mol. The first-order valence-electron chi connectivity index (χ1n) is 8.07. The summed E-state index contributed by atoms with van der Waals surface area (Å²) in [5.74, 6) is -1.61. The molecule has 0 fully saturated rings. The Kier molecular flexibility index (Phi) is 7.75. The normalized spacial score (nSPS) is 10.0. The van der Waals surface area contributed by atoms with Crippen molar-refractivity contribution < 1.29 is 23.9 Å². The van der Waals surface area contributed by atoms with Crippen LogP contribution >= 0.6 is 15.9 Å². The van der Waals surface area contributed by atoms with Gasteiger partial charge < -0.3 is 20.1 Å². The molecule has 0 radical (unpaired) electrons. The average molecular weight is 436 g/mol. The lowest BCUT2D eigenvalue weighted by Crippen LogP contribution is -2.35. The maximum atomic E-state index is 12.1. The van der Waals surface area contributed by atoms with Crippen LogP contribution in [0.15, 0.2) is 47.1 Å². The van der Waals surface area contributed by atoms with Crippen molar-refractivity contribution in [2.45, 2.75) is 6.92 Å². The molecule has 2 amide bonds. The lowest BCUT2D eigenvalue weighted by atomic mass is 10.3. The molecule has 2 N–H and O–H groups in total. The van der Waals surface area contributed by atoms with Gasteiger partial charge in [-0.15, -0.1) is 0 Å². The predicted octanol–water partition coefficient (Wildman–Crippen LogP) is 2.15. The number of hydrogen-bond acceptors (Lipinski definition) is 6. The van der Waals surface area contributed by atoms with Crippen LogP contribution in [0, 0.1) is 0 Å². The number of hydrogen-bond donors (Lipinski definition) is 2. The minimum absolute atomic E-state index is 0.124. The molecule has 0 saturated heterocycles. The fourth-order valence-electron chi connectivity index (χ4n) is 1.99. The Morgan fingerprint density at radius 2 is 1.89 bits per heavy atom. The molecule has 2 rings (SSSR count). The van der Waals surface area contributed by atoms with Gasteiger partial charge in [-0.2, -0.15) is 0 Å². The first kappa shape index (κ1) is 20.4. The number of ether oxygens (including phenoxy) is 2. The molecule has 0 aliphatic rings. The van der Waals surface area contributed by atoms with Gasteiger partial charge in [-0.1, -0.05) is 12.1 Å². The number of nitrogens with one attached hydrogen (secondary N) is 2. The maximum Gasteiger partial charge on any atom is 0.344 e. The summed E-state index contributed by atoms with van der Waals surface area (Å²) in [5.41, 5.74) is 0.710. The molecule has 27 heavy (non-hydrogen) atoms. The van der Waals surface area contributed by atoms with Crippen molar-refractivity contribution in [3.8, 4) is 5.88 Å². The number of carbonyl (C=O) groups is 3. The van der Waals surface area contributed by atoms with Crippen molar-refractivity contribution in [3.63, 3.8) is 0 Å². The van der Waals surface area contributed by atoms with E-state index in [4.69, 9.17) is 9.47 Å². The van der Waals surface area contributed by atoms with Crippen LogP contribution in [0.4, 0.5) is 5.69 Å². The van der Waals surface area contributed by atoms with E-state index in [2.05, 4.69) is 31.5 Å². The van der Waals surface area contributed by atoms with Crippen molar-refractivity contribution in [1.29, 1.82) is 0 Å². The third-order valence-electron chi connectivity index (χ3n) is 3.20. The molecule has 1 aromatic carbocycles. The van der Waals surface area contributed by atoms with Gasteiger partial charge >= 0.3 is 5.97 Å². The number of aromatic nitrogens is 1. The number of nitrogens with zero attached hydrogens (tertiary/aromatic N) is 1. The van der Waals surface area contributed by atoms with E-state index in [0.29, 0.717) is 12.3 Å². The van der Waals surface area contributed by atoms with Crippen molar-refractivity contribution >= 4 is 39.4 Å². The summed E-state index contributed by atoms with van der Waals surface area (Å²) < 4.78 is 10.9. The van der Waals surface area contributed by atoms with Gasteiger partial charge in [0, 0.05) is 10.7 Å².